The van der Waals surface area contributed by atoms with E-state index in [0.717, 1.165) is 6.61 Å². The van der Waals surface area contributed by atoms with Crippen LogP contribution in [0.4, 0.5) is 0 Å². The Morgan fingerprint density at radius 3 is 2.70 bits per heavy atom. The van der Waals surface area contributed by atoms with Crippen molar-refractivity contribution in [2.45, 2.75) is 20.0 Å². The van der Waals surface area contributed by atoms with Crippen molar-refractivity contribution in [2.24, 2.45) is 0 Å². The van der Waals surface area contributed by atoms with E-state index in [1.54, 1.807) is 0 Å². The van der Waals surface area contributed by atoms with Crippen molar-refractivity contribution in [1.82, 2.24) is 0 Å². The van der Waals surface area contributed by atoms with Gasteiger partial charge >= 0.3 is 0 Å². The summed E-state index contributed by atoms with van der Waals surface area (Å²) in [4.78, 5) is 1.43. The molecule has 1 saturated heterocycles. The molecule has 1 aromatic heterocycles. The van der Waals surface area contributed by atoms with E-state index in [0.29, 0.717) is 6.10 Å². The van der Waals surface area contributed by atoms with Gasteiger partial charge in [0.1, 0.15) is 6.10 Å². The number of aryl methyl sites for hydroxylation is 1. The molecule has 10 heavy (non-hydrogen) atoms. The highest BCUT2D eigenvalue weighted by molar-refractivity contribution is 7.10. The van der Waals surface area contributed by atoms with Gasteiger partial charge in [0.25, 0.3) is 0 Å². The van der Waals surface area contributed by atoms with E-state index in [2.05, 4.69) is 19.2 Å². The van der Waals surface area contributed by atoms with Gasteiger partial charge in [-0.1, -0.05) is 0 Å². The van der Waals surface area contributed by atoms with Crippen LogP contribution in [0.1, 0.15) is 22.1 Å². The van der Waals surface area contributed by atoms with Gasteiger partial charge in [-0.15, -0.1) is 11.3 Å². The first-order chi connectivity index (χ1) is 4.79. The maximum Gasteiger partial charge on any atom is 0.115 e. The van der Waals surface area contributed by atoms with Crippen molar-refractivity contribution in [3.05, 3.63) is 21.4 Å². The number of rotatable bonds is 1. The predicted molar refractivity (Wildman–Crippen MR) is 42.5 cm³/mol. The summed E-state index contributed by atoms with van der Waals surface area (Å²) >= 11 is 1.82. The van der Waals surface area contributed by atoms with Crippen LogP contribution in [-0.4, -0.2) is 6.61 Å². The van der Waals surface area contributed by atoms with Gasteiger partial charge in [0.15, 0.2) is 0 Å². The Labute approximate surface area is 64.6 Å². The molecule has 0 radical (unpaired) electrons. The molecule has 1 atom stereocenters. The summed E-state index contributed by atoms with van der Waals surface area (Å²) in [5.74, 6) is 0. The molecule has 0 aliphatic carbocycles. The minimum Gasteiger partial charge on any atom is -0.367 e. The maximum absolute atomic E-state index is 5.20. The third kappa shape index (κ3) is 0.879. The van der Waals surface area contributed by atoms with Crippen LogP contribution < -0.4 is 0 Å². The highest BCUT2D eigenvalue weighted by Crippen LogP contribution is 2.37. The Balaban J connectivity index is 2.40. The van der Waals surface area contributed by atoms with Crippen molar-refractivity contribution in [2.75, 3.05) is 6.61 Å². The summed E-state index contributed by atoms with van der Waals surface area (Å²) in [6.45, 7) is 5.25. The van der Waals surface area contributed by atoms with Gasteiger partial charge in [-0.2, -0.15) is 0 Å². The van der Waals surface area contributed by atoms with E-state index < -0.39 is 0 Å². The summed E-state index contributed by atoms with van der Waals surface area (Å²) in [6, 6.07) is 0. The second-order valence-corrected chi connectivity index (χ2v) is 3.64. The average Bonchev–Trinajstić information content (AvgIpc) is 2.67. The van der Waals surface area contributed by atoms with E-state index in [-0.39, 0.29) is 0 Å². The lowest BCUT2D eigenvalue weighted by molar-refractivity contribution is 0.418. The third-order valence-electron chi connectivity index (χ3n) is 1.95. The number of epoxide rings is 1. The van der Waals surface area contributed by atoms with Gasteiger partial charge in [0, 0.05) is 4.88 Å². The highest BCUT2D eigenvalue weighted by Gasteiger charge is 2.27. The SMILES string of the molecule is Cc1csc(C2CO2)c1C. The monoisotopic (exact) mass is 154 g/mol. The zero-order valence-electron chi connectivity index (χ0n) is 6.18. The van der Waals surface area contributed by atoms with Crippen LogP contribution in [0.5, 0.6) is 0 Å². The van der Waals surface area contributed by atoms with Crippen LogP contribution >= 0.6 is 11.3 Å². The van der Waals surface area contributed by atoms with Crippen LogP contribution in [0, 0.1) is 13.8 Å². The van der Waals surface area contributed by atoms with Crippen LogP contribution in [0.2, 0.25) is 0 Å². The van der Waals surface area contributed by atoms with Crippen LogP contribution in [-0.2, 0) is 4.74 Å². The molecular weight excluding hydrogens is 144 g/mol. The van der Waals surface area contributed by atoms with Gasteiger partial charge in [0.2, 0.25) is 0 Å². The second-order valence-electron chi connectivity index (χ2n) is 2.73. The van der Waals surface area contributed by atoms with Gasteiger partial charge in [-0.05, 0) is 30.4 Å². The zero-order chi connectivity index (χ0) is 7.14. The molecule has 1 nitrogen and oxygen atoms in total. The molecule has 0 saturated carbocycles. The van der Waals surface area contributed by atoms with Crippen LogP contribution in [0.15, 0.2) is 5.38 Å². The standard InChI is InChI=1S/C8H10OS/c1-5-4-10-8(6(5)2)7-3-9-7/h4,7H,3H2,1-2H3. The number of thiophene rings is 1. The largest absolute Gasteiger partial charge is 0.367 e. The molecule has 1 unspecified atom stereocenters. The number of hydrogen-bond donors (Lipinski definition) is 0. The molecule has 0 amide bonds. The van der Waals surface area contributed by atoms with Crippen molar-refractivity contribution in [3.63, 3.8) is 0 Å². The molecule has 0 N–H and O–H groups in total. The molecule has 2 heteroatoms. The summed E-state index contributed by atoms with van der Waals surface area (Å²) < 4.78 is 5.20. The number of ether oxygens (including phenoxy) is 1. The average molecular weight is 154 g/mol. The molecule has 0 spiro atoms. The van der Waals surface area contributed by atoms with E-state index in [4.69, 9.17) is 4.74 Å². The highest BCUT2D eigenvalue weighted by atomic mass is 32.1. The third-order valence-corrected chi connectivity index (χ3v) is 3.24. The number of hydrogen-bond acceptors (Lipinski definition) is 2. The molecule has 0 bridgehead atoms. The van der Waals surface area contributed by atoms with Gasteiger partial charge in [0.05, 0.1) is 6.61 Å². The topological polar surface area (TPSA) is 12.5 Å². The lowest BCUT2D eigenvalue weighted by Crippen LogP contribution is -1.78. The first-order valence-corrected chi connectivity index (χ1v) is 4.33. The molecule has 0 aromatic carbocycles. The molecule has 1 aliphatic heterocycles. The molecule has 1 aliphatic rings. The van der Waals surface area contributed by atoms with Crippen LogP contribution in [0.3, 0.4) is 0 Å². The zero-order valence-corrected chi connectivity index (χ0v) is 6.99. The van der Waals surface area contributed by atoms with Gasteiger partial charge in [-0.3, -0.25) is 0 Å². The normalized spacial score (nSPS) is 23.2. The van der Waals surface area contributed by atoms with E-state index >= 15 is 0 Å². The Morgan fingerprint density at radius 1 is 1.60 bits per heavy atom. The maximum atomic E-state index is 5.20. The fourth-order valence-electron chi connectivity index (χ4n) is 1.04. The Bertz CT molecular complexity index is 248. The Morgan fingerprint density at radius 2 is 2.30 bits per heavy atom. The molecule has 1 fully saturated rings. The Hall–Kier alpha value is -0.340. The quantitative estimate of drug-likeness (QED) is 0.566. The fourth-order valence-corrected chi connectivity index (χ4v) is 2.15. The smallest absolute Gasteiger partial charge is 0.115 e. The van der Waals surface area contributed by atoms with Crippen molar-refractivity contribution in [3.8, 4) is 0 Å². The van der Waals surface area contributed by atoms with Crippen LogP contribution in [0.25, 0.3) is 0 Å². The summed E-state index contributed by atoms with van der Waals surface area (Å²) in [5.41, 5.74) is 2.82. The van der Waals surface area contributed by atoms with E-state index in [1.807, 2.05) is 11.3 Å². The molecule has 54 valence electrons. The summed E-state index contributed by atoms with van der Waals surface area (Å²) in [5, 5.41) is 2.20. The molecule has 2 rings (SSSR count). The van der Waals surface area contributed by atoms with E-state index in [1.165, 1.54) is 16.0 Å². The predicted octanol–water partition coefficient (Wildman–Crippen LogP) is 2.44. The molecule has 1 aromatic rings. The van der Waals surface area contributed by atoms with Crippen molar-refractivity contribution in [1.29, 1.82) is 0 Å². The first kappa shape index (κ1) is 6.38. The van der Waals surface area contributed by atoms with E-state index in [9.17, 15) is 0 Å². The molecular formula is C8H10OS. The van der Waals surface area contributed by atoms with Gasteiger partial charge < -0.3 is 4.74 Å². The summed E-state index contributed by atoms with van der Waals surface area (Å²) in [6.07, 6.45) is 0.443. The first-order valence-electron chi connectivity index (χ1n) is 3.45. The van der Waals surface area contributed by atoms with Gasteiger partial charge in [-0.25, -0.2) is 0 Å². The minimum atomic E-state index is 0.443. The van der Waals surface area contributed by atoms with Crippen molar-refractivity contribution < 1.29 is 4.74 Å². The lowest BCUT2D eigenvalue weighted by atomic mass is 10.2. The Kier molecular flexibility index (Phi) is 1.32. The lowest BCUT2D eigenvalue weighted by Gasteiger charge is -1.91. The van der Waals surface area contributed by atoms with Crippen molar-refractivity contribution >= 4 is 11.3 Å². The summed E-state index contributed by atoms with van der Waals surface area (Å²) in [7, 11) is 0. The second kappa shape index (κ2) is 2.07. The fraction of sp³-hybridized carbons (Fsp3) is 0.500. The minimum absolute atomic E-state index is 0.443. The molecule has 2 heterocycles.